The van der Waals surface area contributed by atoms with Crippen LogP contribution in [0.3, 0.4) is 0 Å². The molecule has 0 bridgehead atoms. The molecule has 4 rings (SSSR count). The van der Waals surface area contributed by atoms with E-state index in [9.17, 15) is 4.79 Å². The summed E-state index contributed by atoms with van der Waals surface area (Å²) in [5.74, 6) is 0.110. The molecular formula is C17H19N3OS2. The molecule has 120 valence electrons. The molecule has 3 aromatic rings. The van der Waals surface area contributed by atoms with E-state index < -0.39 is 0 Å². The average Bonchev–Trinajstić information content (AvgIpc) is 3.29. The van der Waals surface area contributed by atoms with Gasteiger partial charge in [0.1, 0.15) is 11.4 Å². The van der Waals surface area contributed by atoms with Crippen LogP contribution >= 0.6 is 22.7 Å². The van der Waals surface area contributed by atoms with Crippen LogP contribution in [0.4, 0.5) is 0 Å². The zero-order valence-corrected chi connectivity index (χ0v) is 14.7. The Morgan fingerprint density at radius 2 is 2.13 bits per heavy atom. The molecule has 3 heterocycles. The molecule has 0 atom stereocenters. The van der Waals surface area contributed by atoms with Gasteiger partial charge in [0, 0.05) is 24.7 Å². The summed E-state index contributed by atoms with van der Waals surface area (Å²) in [6.07, 6.45) is 8.00. The Balaban J connectivity index is 1.64. The molecule has 0 radical (unpaired) electrons. The van der Waals surface area contributed by atoms with Crippen molar-refractivity contribution in [1.29, 1.82) is 0 Å². The first-order chi connectivity index (χ1) is 11.2. The van der Waals surface area contributed by atoms with E-state index in [2.05, 4.69) is 11.1 Å². The van der Waals surface area contributed by atoms with Crippen molar-refractivity contribution < 1.29 is 4.79 Å². The van der Waals surface area contributed by atoms with Crippen molar-refractivity contribution in [2.75, 3.05) is 7.05 Å². The zero-order valence-electron chi connectivity index (χ0n) is 13.1. The first-order valence-corrected chi connectivity index (χ1v) is 9.77. The minimum absolute atomic E-state index is 0.110. The number of amides is 1. The topological polar surface area (TPSA) is 37.6 Å². The summed E-state index contributed by atoms with van der Waals surface area (Å²) in [4.78, 5) is 21.5. The van der Waals surface area contributed by atoms with E-state index in [1.807, 2.05) is 39.4 Å². The maximum Gasteiger partial charge on any atom is 0.271 e. The Labute approximate surface area is 143 Å². The first kappa shape index (κ1) is 14.9. The number of fused-ring (bicyclic) bond motifs is 1. The first-order valence-electron chi connectivity index (χ1n) is 8.01. The van der Waals surface area contributed by atoms with Crippen molar-refractivity contribution in [3.63, 3.8) is 0 Å². The molecule has 0 aromatic carbocycles. The number of carbonyl (C=O) groups is 1. The van der Waals surface area contributed by atoms with Gasteiger partial charge in [-0.05, 0) is 24.3 Å². The van der Waals surface area contributed by atoms with Gasteiger partial charge in [-0.15, -0.1) is 22.7 Å². The van der Waals surface area contributed by atoms with Crippen molar-refractivity contribution in [3.05, 3.63) is 34.8 Å². The van der Waals surface area contributed by atoms with Crippen LogP contribution in [0.1, 0.15) is 42.6 Å². The van der Waals surface area contributed by atoms with Gasteiger partial charge in [0.15, 0.2) is 4.96 Å². The van der Waals surface area contributed by atoms with E-state index in [1.165, 1.54) is 30.6 Å². The minimum atomic E-state index is 0.110. The van der Waals surface area contributed by atoms with Crippen LogP contribution in [-0.2, 0) is 0 Å². The molecule has 4 nitrogen and oxygen atoms in total. The Morgan fingerprint density at radius 1 is 1.30 bits per heavy atom. The Bertz CT molecular complexity index is 812. The summed E-state index contributed by atoms with van der Waals surface area (Å²) in [6.45, 7) is 0. The molecule has 23 heavy (non-hydrogen) atoms. The van der Waals surface area contributed by atoms with E-state index in [4.69, 9.17) is 0 Å². The molecule has 0 aliphatic heterocycles. The molecule has 1 aliphatic carbocycles. The Morgan fingerprint density at radius 3 is 2.87 bits per heavy atom. The number of imidazole rings is 1. The number of carbonyl (C=O) groups excluding carboxylic acids is 1. The highest BCUT2D eigenvalue weighted by Gasteiger charge is 2.25. The van der Waals surface area contributed by atoms with Crippen molar-refractivity contribution in [1.82, 2.24) is 14.3 Å². The number of aromatic nitrogens is 2. The maximum absolute atomic E-state index is 12.9. The lowest BCUT2D eigenvalue weighted by atomic mass is 9.94. The van der Waals surface area contributed by atoms with Crippen LogP contribution in [0.2, 0.25) is 0 Å². The predicted octanol–water partition coefficient (Wildman–Crippen LogP) is 4.53. The van der Waals surface area contributed by atoms with Gasteiger partial charge < -0.3 is 4.90 Å². The van der Waals surface area contributed by atoms with Crippen molar-refractivity contribution in [2.24, 2.45) is 0 Å². The predicted molar refractivity (Wildman–Crippen MR) is 95.3 cm³/mol. The van der Waals surface area contributed by atoms with Crippen LogP contribution < -0.4 is 0 Å². The standard InChI is InChI=1S/C17H19N3OS2/c1-19(12-6-3-2-4-7-12)16(21)14-11-23-17-18-13(10-20(14)17)15-8-5-9-22-15/h5,8-12H,2-4,6-7H2,1H3. The molecule has 0 spiro atoms. The minimum Gasteiger partial charge on any atom is -0.337 e. The molecular weight excluding hydrogens is 326 g/mol. The highest BCUT2D eigenvalue weighted by Crippen LogP contribution is 2.28. The summed E-state index contributed by atoms with van der Waals surface area (Å²) in [5.41, 5.74) is 1.68. The summed E-state index contributed by atoms with van der Waals surface area (Å²) in [6, 6.07) is 4.47. The van der Waals surface area contributed by atoms with E-state index in [0.717, 1.165) is 34.1 Å². The Hall–Kier alpha value is -1.66. The lowest BCUT2D eigenvalue weighted by molar-refractivity contribution is 0.0689. The maximum atomic E-state index is 12.9. The fourth-order valence-electron chi connectivity index (χ4n) is 3.30. The molecule has 1 amide bonds. The van der Waals surface area contributed by atoms with Gasteiger partial charge in [-0.25, -0.2) is 4.98 Å². The van der Waals surface area contributed by atoms with Crippen molar-refractivity contribution in [2.45, 2.75) is 38.1 Å². The summed E-state index contributed by atoms with van der Waals surface area (Å²) >= 11 is 3.20. The number of nitrogens with zero attached hydrogens (tertiary/aromatic N) is 3. The second-order valence-corrected chi connectivity index (χ2v) is 7.87. The monoisotopic (exact) mass is 345 g/mol. The normalized spacial score (nSPS) is 16.0. The van der Waals surface area contributed by atoms with E-state index in [1.54, 1.807) is 11.3 Å². The summed E-state index contributed by atoms with van der Waals surface area (Å²) in [7, 11) is 1.94. The number of hydrogen-bond donors (Lipinski definition) is 0. The molecule has 3 aromatic heterocycles. The summed E-state index contributed by atoms with van der Waals surface area (Å²) < 4.78 is 1.95. The van der Waals surface area contributed by atoms with Gasteiger partial charge in [-0.1, -0.05) is 25.3 Å². The largest absolute Gasteiger partial charge is 0.337 e. The second-order valence-electron chi connectivity index (χ2n) is 6.08. The van der Waals surface area contributed by atoms with Crippen LogP contribution in [-0.4, -0.2) is 33.3 Å². The van der Waals surface area contributed by atoms with Gasteiger partial charge in [-0.3, -0.25) is 9.20 Å². The van der Waals surface area contributed by atoms with Crippen molar-refractivity contribution >= 4 is 33.5 Å². The number of thiazole rings is 1. The zero-order chi connectivity index (χ0) is 15.8. The average molecular weight is 345 g/mol. The van der Waals surface area contributed by atoms with Crippen LogP contribution in [0, 0.1) is 0 Å². The SMILES string of the molecule is CN(C(=O)c1csc2nc(-c3cccs3)cn12)C1CCCCC1. The van der Waals surface area contributed by atoms with Gasteiger partial charge in [-0.2, -0.15) is 0 Å². The Kier molecular flexibility index (Phi) is 3.95. The number of thiophene rings is 1. The molecule has 6 heteroatoms. The smallest absolute Gasteiger partial charge is 0.271 e. The highest BCUT2D eigenvalue weighted by molar-refractivity contribution is 7.15. The van der Waals surface area contributed by atoms with Crippen LogP contribution in [0.25, 0.3) is 15.5 Å². The van der Waals surface area contributed by atoms with E-state index >= 15 is 0 Å². The summed E-state index contributed by atoms with van der Waals surface area (Å²) in [5, 5.41) is 3.98. The molecule has 1 aliphatic rings. The number of rotatable bonds is 3. The van der Waals surface area contributed by atoms with Gasteiger partial charge in [0.2, 0.25) is 0 Å². The third kappa shape index (κ3) is 2.70. The molecule has 0 N–H and O–H groups in total. The molecule has 0 unspecified atom stereocenters. The lowest BCUT2D eigenvalue weighted by Gasteiger charge is -2.31. The second kappa shape index (κ2) is 6.09. The lowest BCUT2D eigenvalue weighted by Crippen LogP contribution is -2.38. The van der Waals surface area contributed by atoms with Gasteiger partial charge in [0.05, 0.1) is 4.88 Å². The van der Waals surface area contributed by atoms with Crippen LogP contribution in [0.15, 0.2) is 29.1 Å². The quantitative estimate of drug-likeness (QED) is 0.699. The fourth-order valence-corrected chi connectivity index (χ4v) is 4.82. The number of hydrogen-bond acceptors (Lipinski definition) is 4. The van der Waals surface area contributed by atoms with Crippen LogP contribution in [0.5, 0.6) is 0 Å². The fraction of sp³-hybridized carbons (Fsp3) is 0.412. The van der Waals surface area contributed by atoms with E-state index in [-0.39, 0.29) is 5.91 Å². The molecule has 1 saturated carbocycles. The highest BCUT2D eigenvalue weighted by atomic mass is 32.1. The van der Waals surface area contributed by atoms with Crippen molar-refractivity contribution in [3.8, 4) is 10.6 Å². The van der Waals surface area contributed by atoms with Gasteiger partial charge >= 0.3 is 0 Å². The van der Waals surface area contributed by atoms with E-state index in [0.29, 0.717) is 6.04 Å². The molecule has 1 fully saturated rings. The third-order valence-corrected chi connectivity index (χ3v) is 6.38. The van der Waals surface area contributed by atoms with Gasteiger partial charge in [0.25, 0.3) is 5.91 Å². The third-order valence-electron chi connectivity index (χ3n) is 4.64. The molecule has 0 saturated heterocycles.